The number of carbonyl (C=O) groups excluding carboxylic acids is 5. The highest BCUT2D eigenvalue weighted by Gasteiger charge is 2.36. The maximum atomic E-state index is 14.0. The number of sulfonamides is 1. The van der Waals surface area contributed by atoms with Gasteiger partial charge < -0.3 is 65.1 Å². The zero-order valence-electron chi connectivity index (χ0n) is 47.3. The highest BCUT2D eigenvalue weighted by molar-refractivity contribution is 7.91. The summed E-state index contributed by atoms with van der Waals surface area (Å²) in [7, 11) is -2.74. The molecular weight excluding hydrogens is 1210 g/mol. The standard InChI is InChI=1S/C30H31F3N10O7S.C25H31N9O3S/c31-30(32,33)22-10-8-19(42-51(48,49)14-15-3-5-16(6-4-15)25(34)35)28(47)43(22)13-23(44)40-18(2-1-11-39-29(37)38)24(45)27-41-20-12-17(26(36)46)7-9-21(20)50-27;1-30-20-17(13-15-4-6-16(7-5-15)22(26)27)8-11-34(24(20)37)14-19(35)33-18(3-2-9-32-25(28)29)21(36)23-31-10-12-38-23/h3-10,12,18,42H,1-2,11,13-14H2,(H3,34,35)(H2,36,46)(H,40,44)(H4,37,38,39);4-8,10-12,18,30H,2-3,9,13-14H2,1H3,(H3,26,27)(H,33,35)(H4,28,29,32)/t2*18-/m00/s1. The van der Waals surface area contributed by atoms with Crippen molar-refractivity contribution >= 4 is 96.7 Å². The predicted octanol–water partition coefficient (Wildman–Crippen LogP) is 1.40. The molecule has 7 aromatic rings. The molecular formula is C55H62F3N19O10S2. The third-order valence-electron chi connectivity index (χ3n) is 12.8. The van der Waals surface area contributed by atoms with Crippen LogP contribution in [-0.2, 0) is 51.1 Å². The lowest BCUT2D eigenvalue weighted by Crippen LogP contribution is -2.44. The first-order chi connectivity index (χ1) is 42.0. The minimum absolute atomic E-state index is 0.00173. The summed E-state index contributed by atoms with van der Waals surface area (Å²) in [6.07, 6.45) is -0.926. The van der Waals surface area contributed by atoms with E-state index in [1.165, 1.54) is 64.6 Å². The molecule has 2 atom stereocenters. The molecule has 20 N–H and O–H groups in total. The fourth-order valence-corrected chi connectivity index (χ4v) is 10.4. The average molecular weight is 1270 g/mol. The van der Waals surface area contributed by atoms with Crippen molar-refractivity contribution in [2.75, 3.05) is 30.2 Å². The van der Waals surface area contributed by atoms with Crippen LogP contribution in [0, 0.1) is 10.8 Å². The molecule has 0 saturated heterocycles. The van der Waals surface area contributed by atoms with E-state index in [1.54, 1.807) is 36.8 Å². The number of alkyl halides is 3. The number of thiazole rings is 1. The molecule has 3 aromatic carbocycles. The van der Waals surface area contributed by atoms with Gasteiger partial charge in [-0.15, -0.1) is 11.3 Å². The van der Waals surface area contributed by atoms with Crippen LogP contribution in [0.5, 0.6) is 0 Å². The number of amidine groups is 2. The number of rotatable bonds is 28. The quantitative estimate of drug-likeness (QED) is 0.0143. The first kappa shape index (κ1) is 67.4. The molecule has 29 nitrogen and oxygen atoms in total. The number of Topliss-reactive ketones (excluding diaryl/α,β-unsaturated/α-hetero) is 2. The number of nitrogens with two attached hydrogens (primary N) is 7. The summed E-state index contributed by atoms with van der Waals surface area (Å²) in [4.78, 5) is 106. The van der Waals surface area contributed by atoms with E-state index in [4.69, 9.17) is 55.4 Å². The van der Waals surface area contributed by atoms with Gasteiger partial charge in [-0.3, -0.25) is 63.7 Å². The maximum absolute atomic E-state index is 14.0. The second kappa shape index (κ2) is 30.0. The lowest BCUT2D eigenvalue weighted by atomic mass is 10.0. The number of ketones is 2. The number of pyridine rings is 2. The number of oxazole rings is 1. The molecule has 470 valence electrons. The van der Waals surface area contributed by atoms with Crippen molar-refractivity contribution in [2.24, 2.45) is 50.1 Å². The molecule has 7 rings (SSSR count). The zero-order chi connectivity index (χ0) is 65.3. The first-order valence-electron chi connectivity index (χ1n) is 26.5. The van der Waals surface area contributed by atoms with E-state index in [9.17, 15) is 55.2 Å². The van der Waals surface area contributed by atoms with Gasteiger partial charge in [-0.25, -0.2) is 18.4 Å². The average Bonchev–Trinajstić information content (AvgIpc) is 1.98. The first-order valence-corrected chi connectivity index (χ1v) is 29.0. The number of primary amides is 1. The molecule has 0 fully saturated rings. The molecule has 0 aliphatic heterocycles. The van der Waals surface area contributed by atoms with Crippen LogP contribution >= 0.6 is 11.3 Å². The Balaban J connectivity index is 0.000000296. The third kappa shape index (κ3) is 19.1. The molecule has 0 spiro atoms. The van der Waals surface area contributed by atoms with Gasteiger partial charge in [0.2, 0.25) is 39.3 Å². The normalized spacial score (nSPS) is 11.9. The number of nitrogens with one attached hydrogen (secondary N) is 6. The van der Waals surface area contributed by atoms with Crippen LogP contribution in [0.1, 0.15) is 90.0 Å². The van der Waals surface area contributed by atoms with E-state index < -0.39 is 86.9 Å². The van der Waals surface area contributed by atoms with E-state index >= 15 is 0 Å². The number of halogens is 3. The van der Waals surface area contributed by atoms with Crippen molar-refractivity contribution in [1.82, 2.24) is 29.7 Å². The second-order valence-electron chi connectivity index (χ2n) is 19.4. The monoisotopic (exact) mass is 1270 g/mol. The van der Waals surface area contributed by atoms with E-state index in [2.05, 4.69) is 35.9 Å². The summed E-state index contributed by atoms with van der Waals surface area (Å²) in [5.41, 5.74) is 36.7. The summed E-state index contributed by atoms with van der Waals surface area (Å²) in [5.74, 6) is -5.52. The minimum atomic E-state index is -5.16. The van der Waals surface area contributed by atoms with Gasteiger partial charge in [-0.05, 0) is 85.2 Å². The van der Waals surface area contributed by atoms with Gasteiger partial charge >= 0.3 is 6.18 Å². The molecule has 4 heterocycles. The summed E-state index contributed by atoms with van der Waals surface area (Å²) in [6.45, 7) is -1.25. The van der Waals surface area contributed by atoms with Crippen molar-refractivity contribution in [2.45, 2.75) is 69.2 Å². The van der Waals surface area contributed by atoms with Gasteiger partial charge in [0.1, 0.15) is 47.3 Å². The number of hydrogen-bond donors (Lipinski definition) is 13. The van der Waals surface area contributed by atoms with Crippen LogP contribution in [0.4, 0.5) is 24.5 Å². The number of aliphatic imine (C=N–C) groups is 2. The number of carbonyl (C=O) groups is 5. The van der Waals surface area contributed by atoms with Gasteiger partial charge in [0.05, 0.1) is 17.8 Å². The lowest BCUT2D eigenvalue weighted by Gasteiger charge is -2.19. The molecule has 0 unspecified atom stereocenters. The Kier molecular flexibility index (Phi) is 22.7. The van der Waals surface area contributed by atoms with E-state index in [0.29, 0.717) is 54.8 Å². The van der Waals surface area contributed by atoms with E-state index in [-0.39, 0.29) is 92.7 Å². The van der Waals surface area contributed by atoms with E-state index in [1.807, 2.05) is 16.9 Å². The number of aromatic nitrogens is 4. The van der Waals surface area contributed by atoms with Crippen molar-refractivity contribution in [3.05, 3.63) is 173 Å². The van der Waals surface area contributed by atoms with Crippen LogP contribution in [-0.4, -0.2) is 113 Å². The lowest BCUT2D eigenvalue weighted by molar-refractivity contribution is -0.144. The number of fused-ring (bicyclic) bond motifs is 1. The van der Waals surface area contributed by atoms with Crippen molar-refractivity contribution in [3.63, 3.8) is 0 Å². The molecule has 0 saturated carbocycles. The molecule has 0 aliphatic rings. The number of anilines is 2. The molecule has 34 heteroatoms. The summed E-state index contributed by atoms with van der Waals surface area (Å²) in [5, 5.41) is 24.9. The molecule has 0 aliphatic carbocycles. The van der Waals surface area contributed by atoms with Crippen LogP contribution < -0.4 is 71.9 Å². The maximum Gasteiger partial charge on any atom is 0.431 e. The molecule has 0 bridgehead atoms. The zero-order valence-corrected chi connectivity index (χ0v) is 48.9. The van der Waals surface area contributed by atoms with Crippen molar-refractivity contribution < 1.29 is 50.0 Å². The van der Waals surface area contributed by atoms with Crippen molar-refractivity contribution in [3.8, 4) is 0 Å². The fourth-order valence-electron chi connectivity index (χ4n) is 8.59. The minimum Gasteiger partial charge on any atom is -0.434 e. The van der Waals surface area contributed by atoms with Crippen LogP contribution in [0.25, 0.3) is 11.1 Å². The number of nitrogens with zero attached hydrogens (tertiary/aromatic N) is 6. The number of benzene rings is 3. The summed E-state index contributed by atoms with van der Waals surface area (Å²) in [6, 6.07) is 17.1. The number of nitrogen functional groups attached to an aromatic ring is 2. The fraction of sp³-hybridized carbons (Fsp3) is 0.255. The number of amides is 3. The van der Waals surface area contributed by atoms with E-state index in [0.717, 1.165) is 11.1 Å². The Morgan fingerprint density at radius 1 is 0.730 bits per heavy atom. The Labute approximate surface area is 508 Å². The summed E-state index contributed by atoms with van der Waals surface area (Å²) < 4.78 is 76.5. The molecule has 3 amide bonds. The topological polar surface area (TPSA) is 505 Å². The Hall–Kier alpha value is -10.8. The van der Waals surface area contributed by atoms with Crippen molar-refractivity contribution in [1.29, 1.82) is 10.8 Å². The largest absolute Gasteiger partial charge is 0.434 e. The van der Waals surface area contributed by atoms with Gasteiger partial charge in [0.15, 0.2) is 22.5 Å². The van der Waals surface area contributed by atoms with Crippen LogP contribution in [0.3, 0.4) is 0 Å². The molecule has 0 radical (unpaired) electrons. The van der Waals surface area contributed by atoms with Gasteiger partial charge in [0.25, 0.3) is 17.0 Å². The van der Waals surface area contributed by atoms with Crippen LogP contribution in [0.15, 0.2) is 127 Å². The Morgan fingerprint density at radius 2 is 1.29 bits per heavy atom. The second-order valence-corrected chi connectivity index (χ2v) is 22.1. The number of hydrogen-bond acceptors (Lipinski definition) is 18. The number of guanidine groups is 2. The molecule has 89 heavy (non-hydrogen) atoms. The third-order valence-corrected chi connectivity index (χ3v) is 14.9. The smallest absolute Gasteiger partial charge is 0.431 e. The van der Waals surface area contributed by atoms with Gasteiger partial charge in [-0.2, -0.15) is 13.2 Å². The van der Waals surface area contributed by atoms with Crippen LogP contribution in [0.2, 0.25) is 0 Å². The SMILES string of the molecule is CNc1c(Cc2ccc(C(=N)N)cc2)ccn(CC(=O)N[C@@H](CCCN=C(N)N)C(=O)c2nccs2)c1=O.N=C(N)c1ccc(CS(=O)(=O)Nc2ccc(C(F)(F)F)n(CC(=O)N[C@@H](CCCN=C(N)N)C(=O)c3nc4cc(C(N)=O)ccc4o3)c2=O)cc1. The predicted molar refractivity (Wildman–Crippen MR) is 327 cm³/mol. The molecule has 4 aromatic heterocycles. The van der Waals surface area contributed by atoms with Gasteiger partial charge in [0, 0.05) is 54.6 Å². The van der Waals surface area contributed by atoms with Gasteiger partial charge in [-0.1, -0.05) is 48.5 Å². The Morgan fingerprint density at radius 3 is 1.82 bits per heavy atom. The highest BCUT2D eigenvalue weighted by Crippen LogP contribution is 2.29. The highest BCUT2D eigenvalue weighted by atomic mass is 32.2. The summed E-state index contributed by atoms with van der Waals surface area (Å²) >= 11 is 1.19. The Bertz CT molecular complexity index is 4070.